The van der Waals surface area contributed by atoms with Crippen LogP contribution in [0.25, 0.3) is 28.1 Å². The highest BCUT2D eigenvalue weighted by atomic mass is 15.3. The van der Waals surface area contributed by atoms with E-state index in [4.69, 9.17) is 0 Å². The van der Waals surface area contributed by atoms with Gasteiger partial charge in [-0.25, -0.2) is 9.67 Å². The molecule has 25 heavy (non-hydrogen) atoms. The van der Waals surface area contributed by atoms with Gasteiger partial charge in [-0.05, 0) is 5.56 Å². The molecule has 0 spiro atoms. The molecule has 3 heterocycles. The van der Waals surface area contributed by atoms with Crippen molar-refractivity contribution in [3.05, 3.63) is 78.8 Å². The van der Waals surface area contributed by atoms with Crippen LogP contribution in [0.3, 0.4) is 0 Å². The number of fused-ring (bicyclic) bond motifs is 3. The first kappa shape index (κ1) is 13.9. The average molecular weight is 326 g/mol. The normalized spacial score (nSPS) is 11.4. The molecule has 0 bridgehead atoms. The van der Waals surface area contributed by atoms with Crippen LogP contribution < -0.4 is 0 Å². The van der Waals surface area contributed by atoms with E-state index in [2.05, 4.69) is 32.4 Å². The zero-order valence-electron chi connectivity index (χ0n) is 13.3. The molecule has 0 aliphatic carbocycles. The molecular weight excluding hydrogens is 312 g/mol. The predicted molar refractivity (Wildman–Crippen MR) is 95.1 cm³/mol. The number of rotatable bonds is 3. The lowest BCUT2D eigenvalue weighted by atomic mass is 10.2. The van der Waals surface area contributed by atoms with Gasteiger partial charge >= 0.3 is 0 Å². The van der Waals surface area contributed by atoms with Crippen LogP contribution in [0.5, 0.6) is 0 Å². The van der Waals surface area contributed by atoms with Gasteiger partial charge in [-0.15, -0.1) is 10.2 Å². The van der Waals surface area contributed by atoms with Crippen molar-refractivity contribution in [2.45, 2.75) is 6.54 Å². The van der Waals surface area contributed by atoms with Gasteiger partial charge in [0.15, 0.2) is 17.1 Å². The SMILES string of the molecule is c1ccc(Cn2ncc3c2ncn2c(-c4ccccc4)nnc32)cc1. The molecule has 0 atom stereocenters. The molecule has 6 nitrogen and oxygen atoms in total. The maximum Gasteiger partial charge on any atom is 0.175 e. The van der Waals surface area contributed by atoms with Crippen LogP contribution in [-0.2, 0) is 6.54 Å². The minimum absolute atomic E-state index is 0.674. The van der Waals surface area contributed by atoms with Gasteiger partial charge in [0, 0.05) is 5.56 Å². The molecule has 5 rings (SSSR count). The highest BCUT2D eigenvalue weighted by Crippen LogP contribution is 2.22. The molecule has 6 heteroatoms. The molecule has 0 aliphatic heterocycles. The topological polar surface area (TPSA) is 60.9 Å². The van der Waals surface area contributed by atoms with Gasteiger partial charge < -0.3 is 0 Å². The van der Waals surface area contributed by atoms with E-state index in [1.165, 1.54) is 5.56 Å². The highest BCUT2D eigenvalue weighted by molar-refractivity contribution is 5.89. The number of aromatic nitrogens is 6. The summed E-state index contributed by atoms with van der Waals surface area (Å²) in [6.45, 7) is 0.674. The number of benzene rings is 2. The Morgan fingerprint density at radius 3 is 2.36 bits per heavy atom. The van der Waals surface area contributed by atoms with Crippen molar-refractivity contribution in [3.8, 4) is 11.4 Å². The summed E-state index contributed by atoms with van der Waals surface area (Å²) in [6.07, 6.45) is 3.58. The molecule has 0 saturated heterocycles. The largest absolute Gasteiger partial charge is 0.265 e. The molecule has 0 saturated carbocycles. The van der Waals surface area contributed by atoms with Crippen LogP contribution in [0.2, 0.25) is 0 Å². The smallest absolute Gasteiger partial charge is 0.175 e. The van der Waals surface area contributed by atoms with Crippen LogP contribution in [0, 0.1) is 0 Å². The summed E-state index contributed by atoms with van der Waals surface area (Å²) in [5, 5.41) is 14.1. The second-order valence-electron chi connectivity index (χ2n) is 5.85. The van der Waals surface area contributed by atoms with E-state index in [1.54, 1.807) is 6.33 Å². The first-order chi connectivity index (χ1) is 12.4. The van der Waals surface area contributed by atoms with Crippen LogP contribution in [-0.4, -0.2) is 29.4 Å². The Morgan fingerprint density at radius 2 is 1.56 bits per heavy atom. The lowest BCUT2D eigenvalue weighted by molar-refractivity contribution is 0.703. The Morgan fingerprint density at radius 1 is 0.800 bits per heavy atom. The Labute approximate surface area is 143 Å². The monoisotopic (exact) mass is 326 g/mol. The van der Waals surface area contributed by atoms with E-state index in [-0.39, 0.29) is 0 Å². The van der Waals surface area contributed by atoms with Crippen LogP contribution in [0.4, 0.5) is 0 Å². The Balaban J connectivity index is 1.64. The fourth-order valence-corrected chi connectivity index (χ4v) is 3.03. The summed E-state index contributed by atoms with van der Waals surface area (Å²) in [7, 11) is 0. The summed E-state index contributed by atoms with van der Waals surface area (Å²) in [5.41, 5.74) is 3.76. The number of hydrogen-bond donors (Lipinski definition) is 0. The third-order valence-electron chi connectivity index (χ3n) is 4.25. The summed E-state index contributed by atoms with van der Waals surface area (Å²) in [5.74, 6) is 0.779. The molecule has 0 unspecified atom stereocenters. The summed E-state index contributed by atoms with van der Waals surface area (Å²) in [6, 6.07) is 20.2. The first-order valence-electron chi connectivity index (χ1n) is 8.05. The van der Waals surface area contributed by atoms with Gasteiger partial charge in [-0.1, -0.05) is 60.7 Å². The fourth-order valence-electron chi connectivity index (χ4n) is 3.03. The lowest BCUT2D eigenvalue weighted by Gasteiger charge is -2.04. The highest BCUT2D eigenvalue weighted by Gasteiger charge is 2.14. The average Bonchev–Trinajstić information content (AvgIpc) is 3.27. The van der Waals surface area contributed by atoms with E-state index in [0.29, 0.717) is 6.54 Å². The summed E-state index contributed by atoms with van der Waals surface area (Å²) < 4.78 is 3.80. The maximum absolute atomic E-state index is 4.61. The van der Waals surface area contributed by atoms with Gasteiger partial charge in [0.2, 0.25) is 0 Å². The van der Waals surface area contributed by atoms with Crippen molar-refractivity contribution < 1.29 is 0 Å². The Kier molecular flexibility index (Phi) is 3.06. The molecule has 5 aromatic rings. The van der Waals surface area contributed by atoms with Gasteiger partial charge in [0.25, 0.3) is 0 Å². The molecule has 2 aromatic carbocycles. The molecule has 3 aromatic heterocycles. The van der Waals surface area contributed by atoms with E-state index in [1.807, 2.05) is 63.8 Å². The quantitative estimate of drug-likeness (QED) is 0.511. The predicted octanol–water partition coefficient (Wildman–Crippen LogP) is 3.19. The maximum atomic E-state index is 4.61. The summed E-state index contributed by atoms with van der Waals surface area (Å²) >= 11 is 0. The number of nitrogens with zero attached hydrogens (tertiary/aromatic N) is 6. The van der Waals surface area contributed by atoms with Crippen LogP contribution in [0.1, 0.15) is 5.56 Å². The molecule has 0 amide bonds. The first-order valence-corrected chi connectivity index (χ1v) is 8.05. The lowest BCUT2D eigenvalue weighted by Crippen LogP contribution is -2.03. The molecule has 0 radical (unpaired) electrons. The van der Waals surface area contributed by atoms with Crippen molar-refractivity contribution in [1.29, 1.82) is 0 Å². The van der Waals surface area contributed by atoms with E-state index in [0.717, 1.165) is 28.1 Å². The van der Waals surface area contributed by atoms with Crippen molar-refractivity contribution in [1.82, 2.24) is 29.4 Å². The zero-order valence-corrected chi connectivity index (χ0v) is 13.3. The molecular formula is C19H14N6. The van der Waals surface area contributed by atoms with Crippen molar-refractivity contribution >= 4 is 16.7 Å². The van der Waals surface area contributed by atoms with Crippen LogP contribution >= 0.6 is 0 Å². The van der Waals surface area contributed by atoms with Crippen molar-refractivity contribution in [3.63, 3.8) is 0 Å². The second-order valence-corrected chi connectivity index (χ2v) is 5.85. The Bertz CT molecular complexity index is 1160. The van der Waals surface area contributed by atoms with E-state index >= 15 is 0 Å². The van der Waals surface area contributed by atoms with E-state index < -0.39 is 0 Å². The standard InChI is InChI=1S/C19H14N6/c1-3-7-14(8-4-1)12-25-18-16(11-21-25)19-23-22-17(24(19)13-20-18)15-9-5-2-6-10-15/h1-11,13H,12H2. The second kappa shape index (κ2) is 5.52. The third-order valence-corrected chi connectivity index (χ3v) is 4.25. The zero-order chi connectivity index (χ0) is 16.6. The van der Waals surface area contributed by atoms with Crippen molar-refractivity contribution in [2.75, 3.05) is 0 Å². The fraction of sp³-hybridized carbons (Fsp3) is 0.0526. The van der Waals surface area contributed by atoms with Gasteiger partial charge in [0.05, 0.1) is 18.1 Å². The van der Waals surface area contributed by atoms with Gasteiger partial charge in [-0.3, -0.25) is 4.40 Å². The van der Waals surface area contributed by atoms with E-state index in [9.17, 15) is 0 Å². The van der Waals surface area contributed by atoms with Gasteiger partial charge in [-0.2, -0.15) is 5.10 Å². The molecule has 0 N–H and O–H groups in total. The molecule has 0 aliphatic rings. The third kappa shape index (κ3) is 2.27. The van der Waals surface area contributed by atoms with Crippen LogP contribution in [0.15, 0.2) is 73.2 Å². The molecule has 0 fully saturated rings. The molecule has 120 valence electrons. The Hall–Kier alpha value is -3.54. The minimum atomic E-state index is 0.674. The van der Waals surface area contributed by atoms with Crippen molar-refractivity contribution in [2.24, 2.45) is 0 Å². The summed E-state index contributed by atoms with van der Waals surface area (Å²) in [4.78, 5) is 4.61. The van der Waals surface area contributed by atoms with Gasteiger partial charge in [0.1, 0.15) is 6.33 Å². The number of hydrogen-bond acceptors (Lipinski definition) is 4. The minimum Gasteiger partial charge on any atom is -0.265 e.